The van der Waals surface area contributed by atoms with E-state index in [4.69, 9.17) is 4.74 Å². The summed E-state index contributed by atoms with van der Waals surface area (Å²) in [6.07, 6.45) is 6.06. The first-order chi connectivity index (χ1) is 8.63. The van der Waals surface area contributed by atoms with Gasteiger partial charge in [0.1, 0.15) is 5.76 Å². The molecule has 3 nitrogen and oxygen atoms in total. The third-order valence-electron chi connectivity index (χ3n) is 5.10. The third-order valence-corrected chi connectivity index (χ3v) is 5.10. The van der Waals surface area contributed by atoms with E-state index in [0.717, 1.165) is 30.9 Å². The zero-order valence-electron chi connectivity index (χ0n) is 11.4. The van der Waals surface area contributed by atoms with Gasteiger partial charge in [-0.3, -0.25) is 0 Å². The monoisotopic (exact) mass is 246 g/mol. The number of hydrogen-bond acceptors (Lipinski definition) is 3. The van der Waals surface area contributed by atoms with Crippen LogP contribution in [0.1, 0.15) is 20.3 Å². The number of ether oxygens (including phenoxy) is 1. The molecule has 0 radical (unpaired) electrons. The highest BCUT2D eigenvalue weighted by Crippen LogP contribution is 2.42. The molecule has 4 aliphatic rings. The second-order valence-corrected chi connectivity index (χ2v) is 6.86. The Balaban J connectivity index is 1.56. The molecule has 0 aliphatic carbocycles. The predicted octanol–water partition coefficient (Wildman–Crippen LogP) is 1.83. The Bertz CT molecular complexity index is 438. The fourth-order valence-corrected chi connectivity index (χ4v) is 3.99. The Morgan fingerprint density at radius 3 is 2.94 bits per heavy atom. The van der Waals surface area contributed by atoms with Crippen LogP contribution in [0.15, 0.2) is 23.6 Å². The van der Waals surface area contributed by atoms with Crippen LogP contribution in [-0.4, -0.2) is 48.6 Å². The van der Waals surface area contributed by atoms with Crippen LogP contribution in [0.4, 0.5) is 0 Å². The van der Waals surface area contributed by atoms with Crippen LogP contribution in [0.25, 0.3) is 0 Å². The first-order valence-electron chi connectivity index (χ1n) is 7.17. The quantitative estimate of drug-likeness (QED) is 0.702. The fourth-order valence-electron chi connectivity index (χ4n) is 3.99. The molecule has 98 valence electrons. The van der Waals surface area contributed by atoms with Crippen molar-refractivity contribution in [3.63, 3.8) is 0 Å². The fraction of sp³-hybridized carbons (Fsp3) is 0.733. The zero-order valence-corrected chi connectivity index (χ0v) is 11.4. The molecule has 4 aliphatic heterocycles. The third kappa shape index (κ3) is 1.46. The Morgan fingerprint density at radius 1 is 1.33 bits per heavy atom. The topological polar surface area (TPSA) is 15.7 Å². The van der Waals surface area contributed by atoms with E-state index >= 15 is 0 Å². The lowest BCUT2D eigenvalue weighted by atomic mass is 9.85. The molecule has 2 bridgehead atoms. The van der Waals surface area contributed by atoms with Crippen molar-refractivity contribution in [3.05, 3.63) is 23.6 Å². The zero-order chi connectivity index (χ0) is 12.3. The Kier molecular flexibility index (Phi) is 2.14. The molecule has 0 aromatic carbocycles. The molecule has 3 atom stereocenters. The number of allylic oxidation sites excluding steroid dienone is 1. The van der Waals surface area contributed by atoms with Gasteiger partial charge in [-0.25, -0.2) is 0 Å². The second-order valence-electron chi connectivity index (χ2n) is 6.86. The number of rotatable bonds is 1. The van der Waals surface area contributed by atoms with Crippen LogP contribution in [0.2, 0.25) is 0 Å². The van der Waals surface area contributed by atoms with E-state index in [2.05, 4.69) is 35.9 Å². The van der Waals surface area contributed by atoms with E-state index in [1.165, 1.54) is 31.6 Å². The van der Waals surface area contributed by atoms with E-state index in [0.29, 0.717) is 0 Å². The first kappa shape index (κ1) is 10.9. The maximum Gasteiger partial charge on any atom is 0.138 e. The van der Waals surface area contributed by atoms with Crippen molar-refractivity contribution in [2.24, 2.45) is 11.3 Å². The van der Waals surface area contributed by atoms with Gasteiger partial charge in [0.25, 0.3) is 0 Å². The van der Waals surface area contributed by atoms with E-state index in [-0.39, 0.29) is 5.41 Å². The largest absolute Gasteiger partial charge is 0.491 e. The lowest BCUT2D eigenvalue weighted by Crippen LogP contribution is -2.42. The van der Waals surface area contributed by atoms with Gasteiger partial charge >= 0.3 is 0 Å². The molecule has 3 unspecified atom stereocenters. The summed E-state index contributed by atoms with van der Waals surface area (Å²) in [5.74, 6) is 2.01. The minimum atomic E-state index is 0.204. The SMILES string of the molecule is CC1(C)COC2=CN(C3CN4CCC3C4)CC=C21. The highest BCUT2D eigenvalue weighted by molar-refractivity contribution is 5.38. The Labute approximate surface area is 109 Å². The lowest BCUT2D eigenvalue weighted by Gasteiger charge is -2.35. The summed E-state index contributed by atoms with van der Waals surface area (Å²) < 4.78 is 5.88. The van der Waals surface area contributed by atoms with Gasteiger partial charge in [-0.1, -0.05) is 19.9 Å². The van der Waals surface area contributed by atoms with E-state index in [1.807, 2.05) is 0 Å². The van der Waals surface area contributed by atoms with Crippen molar-refractivity contribution in [2.45, 2.75) is 26.3 Å². The highest BCUT2D eigenvalue weighted by Gasteiger charge is 2.42. The van der Waals surface area contributed by atoms with Gasteiger partial charge in [0.2, 0.25) is 0 Å². The highest BCUT2D eigenvalue weighted by atomic mass is 16.5. The van der Waals surface area contributed by atoms with Gasteiger partial charge in [0.05, 0.1) is 6.61 Å². The summed E-state index contributed by atoms with van der Waals surface area (Å²) in [7, 11) is 0. The van der Waals surface area contributed by atoms with E-state index in [9.17, 15) is 0 Å². The average molecular weight is 246 g/mol. The van der Waals surface area contributed by atoms with Crippen molar-refractivity contribution in [1.29, 1.82) is 0 Å². The molecule has 0 aromatic rings. The maximum absolute atomic E-state index is 5.88. The first-order valence-corrected chi connectivity index (χ1v) is 7.17. The molecule has 0 aromatic heterocycles. The molecule has 3 fully saturated rings. The minimum absolute atomic E-state index is 0.204. The van der Waals surface area contributed by atoms with Gasteiger partial charge in [0, 0.05) is 42.9 Å². The van der Waals surface area contributed by atoms with Crippen LogP contribution in [-0.2, 0) is 4.74 Å². The number of piperidine rings is 1. The van der Waals surface area contributed by atoms with Crippen LogP contribution < -0.4 is 0 Å². The van der Waals surface area contributed by atoms with Gasteiger partial charge in [0.15, 0.2) is 0 Å². The Morgan fingerprint density at radius 2 is 2.22 bits per heavy atom. The smallest absolute Gasteiger partial charge is 0.138 e. The normalized spacial score (nSPS) is 40.3. The van der Waals surface area contributed by atoms with Gasteiger partial charge in [-0.2, -0.15) is 0 Å². The van der Waals surface area contributed by atoms with Crippen molar-refractivity contribution in [1.82, 2.24) is 9.80 Å². The summed E-state index contributed by atoms with van der Waals surface area (Å²) in [5, 5.41) is 0. The van der Waals surface area contributed by atoms with Crippen molar-refractivity contribution in [3.8, 4) is 0 Å². The molecule has 4 heterocycles. The van der Waals surface area contributed by atoms with E-state index < -0.39 is 0 Å². The molecule has 3 heteroatoms. The molecule has 0 saturated carbocycles. The molecule has 3 saturated heterocycles. The summed E-state index contributed by atoms with van der Waals surface area (Å²) in [5.41, 5.74) is 1.62. The summed E-state index contributed by atoms with van der Waals surface area (Å²) >= 11 is 0. The summed E-state index contributed by atoms with van der Waals surface area (Å²) in [4.78, 5) is 5.12. The minimum Gasteiger partial charge on any atom is -0.491 e. The molecule has 0 amide bonds. The lowest BCUT2D eigenvalue weighted by molar-refractivity contribution is 0.185. The second kappa shape index (κ2) is 3.53. The van der Waals surface area contributed by atoms with Crippen molar-refractivity contribution in [2.75, 3.05) is 32.8 Å². The van der Waals surface area contributed by atoms with Crippen LogP contribution in [0, 0.1) is 11.3 Å². The average Bonchev–Trinajstić information content (AvgIpc) is 3.04. The number of fused-ring (bicyclic) bond motifs is 3. The van der Waals surface area contributed by atoms with Crippen molar-refractivity contribution < 1.29 is 4.74 Å². The van der Waals surface area contributed by atoms with Crippen LogP contribution in [0.3, 0.4) is 0 Å². The van der Waals surface area contributed by atoms with Gasteiger partial charge in [-0.15, -0.1) is 0 Å². The van der Waals surface area contributed by atoms with Gasteiger partial charge in [-0.05, 0) is 18.9 Å². The van der Waals surface area contributed by atoms with E-state index in [1.54, 1.807) is 0 Å². The molecular weight excluding hydrogens is 224 g/mol. The molecule has 4 rings (SSSR count). The van der Waals surface area contributed by atoms with Crippen molar-refractivity contribution >= 4 is 0 Å². The summed E-state index contributed by atoms with van der Waals surface area (Å²) in [6.45, 7) is 10.3. The molecule has 0 spiro atoms. The number of hydrogen-bond donors (Lipinski definition) is 0. The molecule has 18 heavy (non-hydrogen) atoms. The van der Waals surface area contributed by atoms with Gasteiger partial charge < -0.3 is 14.5 Å². The number of nitrogens with zero attached hydrogens (tertiary/aromatic N) is 2. The van der Waals surface area contributed by atoms with Crippen LogP contribution >= 0.6 is 0 Å². The summed E-state index contributed by atoms with van der Waals surface area (Å²) in [6, 6.07) is 0.719. The molecule has 0 N–H and O–H groups in total. The van der Waals surface area contributed by atoms with Crippen LogP contribution in [0.5, 0.6) is 0 Å². The Hall–Kier alpha value is -0.960. The predicted molar refractivity (Wildman–Crippen MR) is 70.9 cm³/mol. The molecular formula is C15H22N2O. The maximum atomic E-state index is 5.88. The standard InChI is InChI=1S/C15H22N2O/c1-15(2)10-18-14-9-17(6-4-12(14)15)13-8-16-5-3-11(13)7-16/h4,9,11,13H,3,5-8,10H2,1-2H3.